The number of aryl methyl sites for hydroxylation is 1. The first-order valence-corrected chi connectivity index (χ1v) is 10.8. The van der Waals surface area contributed by atoms with E-state index < -0.39 is 22.6 Å². The fourth-order valence-corrected chi connectivity index (χ4v) is 3.46. The number of nitrogens with one attached hydrogen (secondary N) is 1. The second-order valence-electron chi connectivity index (χ2n) is 6.61. The summed E-state index contributed by atoms with van der Waals surface area (Å²) in [5.41, 5.74) is 2.20. The Labute approximate surface area is 171 Å². The number of hydrogen-bond acceptors (Lipinski definition) is 5. The zero-order chi connectivity index (χ0) is 21.4. The van der Waals surface area contributed by atoms with E-state index in [9.17, 15) is 18.0 Å². The third kappa shape index (κ3) is 6.40. The van der Waals surface area contributed by atoms with Gasteiger partial charge in [0, 0.05) is 13.1 Å². The molecule has 2 aromatic carbocycles. The maximum Gasteiger partial charge on any atom is 0.338 e. The van der Waals surface area contributed by atoms with Crippen LogP contribution in [0.5, 0.6) is 0 Å². The predicted octanol–water partition coefficient (Wildman–Crippen LogP) is 2.50. The van der Waals surface area contributed by atoms with Gasteiger partial charge in [-0.3, -0.25) is 4.79 Å². The summed E-state index contributed by atoms with van der Waals surface area (Å²) in [7, 11) is -2.39. The van der Waals surface area contributed by atoms with Crippen LogP contribution in [0.3, 0.4) is 0 Å². The van der Waals surface area contributed by atoms with Crippen LogP contribution in [0, 0.1) is 6.92 Å². The predicted molar refractivity (Wildman–Crippen MR) is 110 cm³/mol. The number of nitrogens with zero attached hydrogens (tertiary/aromatic N) is 1. The normalized spacial score (nSPS) is 11.1. The Morgan fingerprint density at radius 1 is 1.10 bits per heavy atom. The van der Waals surface area contributed by atoms with Gasteiger partial charge in [0.25, 0.3) is 5.91 Å². The SMILES string of the molecule is CCCN(Cc1ccc(C)cc1)C(=O)COC(=O)c1cccc(S(=O)(=O)NC)c1. The number of ether oxygens (including phenoxy) is 1. The third-order valence-corrected chi connectivity index (χ3v) is 5.73. The molecule has 0 saturated carbocycles. The van der Waals surface area contributed by atoms with Gasteiger partial charge in [-0.05, 0) is 44.2 Å². The lowest BCUT2D eigenvalue weighted by atomic mass is 10.1. The fourth-order valence-electron chi connectivity index (χ4n) is 2.69. The smallest absolute Gasteiger partial charge is 0.338 e. The molecule has 29 heavy (non-hydrogen) atoms. The van der Waals surface area contributed by atoms with Crippen molar-refractivity contribution in [3.05, 3.63) is 65.2 Å². The van der Waals surface area contributed by atoms with E-state index in [0.717, 1.165) is 17.5 Å². The second-order valence-corrected chi connectivity index (χ2v) is 8.50. The Morgan fingerprint density at radius 3 is 2.41 bits per heavy atom. The van der Waals surface area contributed by atoms with Crippen molar-refractivity contribution in [3.8, 4) is 0 Å². The first-order chi connectivity index (χ1) is 13.8. The van der Waals surface area contributed by atoms with Gasteiger partial charge in [-0.25, -0.2) is 17.9 Å². The minimum absolute atomic E-state index is 0.0484. The van der Waals surface area contributed by atoms with Crippen molar-refractivity contribution in [2.24, 2.45) is 0 Å². The highest BCUT2D eigenvalue weighted by Gasteiger charge is 2.18. The van der Waals surface area contributed by atoms with Gasteiger partial charge in [-0.2, -0.15) is 0 Å². The summed E-state index contributed by atoms with van der Waals surface area (Å²) in [5.74, 6) is -1.06. The second kappa shape index (κ2) is 10.2. The van der Waals surface area contributed by atoms with Gasteiger partial charge in [0.05, 0.1) is 10.5 Å². The van der Waals surface area contributed by atoms with E-state index in [0.29, 0.717) is 13.1 Å². The average molecular weight is 419 g/mol. The summed E-state index contributed by atoms with van der Waals surface area (Å²) in [6.07, 6.45) is 0.773. The van der Waals surface area contributed by atoms with Crippen LogP contribution in [0.15, 0.2) is 53.4 Å². The first kappa shape index (κ1) is 22.6. The van der Waals surface area contributed by atoms with Gasteiger partial charge in [0.1, 0.15) is 0 Å². The monoisotopic (exact) mass is 418 g/mol. The number of amides is 1. The van der Waals surface area contributed by atoms with Crippen LogP contribution in [-0.4, -0.2) is 45.4 Å². The maximum atomic E-state index is 12.6. The maximum absolute atomic E-state index is 12.6. The van der Waals surface area contributed by atoms with E-state index >= 15 is 0 Å². The Bertz CT molecular complexity index is 955. The summed E-state index contributed by atoms with van der Waals surface area (Å²) in [6.45, 7) is 4.53. The van der Waals surface area contributed by atoms with E-state index in [1.165, 1.54) is 31.3 Å². The molecule has 0 aromatic heterocycles. The van der Waals surface area contributed by atoms with E-state index in [1.54, 1.807) is 4.90 Å². The number of esters is 1. The quantitative estimate of drug-likeness (QED) is 0.632. The third-order valence-electron chi connectivity index (χ3n) is 4.32. The van der Waals surface area contributed by atoms with E-state index in [2.05, 4.69) is 4.72 Å². The molecule has 1 N–H and O–H groups in total. The van der Waals surface area contributed by atoms with Crippen LogP contribution in [0.25, 0.3) is 0 Å². The van der Waals surface area contributed by atoms with E-state index in [1.807, 2.05) is 38.1 Å². The van der Waals surface area contributed by atoms with Crippen LogP contribution in [-0.2, 0) is 26.1 Å². The van der Waals surface area contributed by atoms with Gasteiger partial charge >= 0.3 is 5.97 Å². The molecule has 0 radical (unpaired) electrons. The Morgan fingerprint density at radius 2 is 1.79 bits per heavy atom. The molecular formula is C21H26N2O5S. The molecule has 0 bridgehead atoms. The minimum Gasteiger partial charge on any atom is -0.452 e. The van der Waals surface area contributed by atoms with Crippen LogP contribution in [0.1, 0.15) is 34.8 Å². The molecule has 7 nitrogen and oxygen atoms in total. The molecule has 1 amide bonds. The molecule has 8 heteroatoms. The number of rotatable bonds is 9. The molecule has 156 valence electrons. The number of carbonyl (C=O) groups is 2. The van der Waals surface area contributed by atoms with Gasteiger partial charge < -0.3 is 9.64 Å². The summed E-state index contributed by atoms with van der Waals surface area (Å²) >= 11 is 0. The van der Waals surface area contributed by atoms with Crippen molar-refractivity contribution in [1.29, 1.82) is 0 Å². The highest BCUT2D eigenvalue weighted by atomic mass is 32.2. The summed E-state index contributed by atoms with van der Waals surface area (Å²) in [6, 6.07) is 13.4. The molecule has 0 unspecified atom stereocenters. The van der Waals surface area contributed by atoms with E-state index in [4.69, 9.17) is 4.74 Å². The Balaban J connectivity index is 2.02. The highest BCUT2D eigenvalue weighted by molar-refractivity contribution is 7.89. The van der Waals surface area contributed by atoms with Crippen molar-refractivity contribution < 1.29 is 22.7 Å². The summed E-state index contributed by atoms with van der Waals surface area (Å²) in [4.78, 5) is 26.4. The van der Waals surface area contributed by atoms with Gasteiger partial charge in [-0.15, -0.1) is 0 Å². The molecule has 0 aliphatic rings. The van der Waals surface area contributed by atoms with Crippen molar-refractivity contribution in [3.63, 3.8) is 0 Å². The van der Waals surface area contributed by atoms with Crippen molar-refractivity contribution in [2.75, 3.05) is 20.2 Å². The fraction of sp³-hybridized carbons (Fsp3) is 0.333. The zero-order valence-electron chi connectivity index (χ0n) is 16.8. The van der Waals surface area contributed by atoms with Gasteiger partial charge in [0.2, 0.25) is 10.0 Å². The van der Waals surface area contributed by atoms with Crippen LogP contribution < -0.4 is 4.72 Å². The van der Waals surface area contributed by atoms with Crippen LogP contribution in [0.4, 0.5) is 0 Å². The first-order valence-electron chi connectivity index (χ1n) is 9.31. The molecule has 0 aliphatic heterocycles. The zero-order valence-corrected chi connectivity index (χ0v) is 17.7. The Hall–Kier alpha value is -2.71. The molecule has 0 saturated heterocycles. The number of benzene rings is 2. The molecule has 2 rings (SSSR count). The van der Waals surface area contributed by atoms with E-state index in [-0.39, 0.29) is 16.4 Å². The topological polar surface area (TPSA) is 92.8 Å². The molecule has 2 aromatic rings. The van der Waals surface area contributed by atoms with Crippen molar-refractivity contribution in [2.45, 2.75) is 31.7 Å². The number of hydrogen-bond donors (Lipinski definition) is 1. The lowest BCUT2D eigenvalue weighted by Gasteiger charge is -2.22. The number of sulfonamides is 1. The lowest BCUT2D eigenvalue weighted by Crippen LogP contribution is -2.35. The molecule has 0 aliphatic carbocycles. The Kier molecular flexibility index (Phi) is 7.92. The van der Waals surface area contributed by atoms with Gasteiger partial charge in [-0.1, -0.05) is 42.8 Å². The van der Waals surface area contributed by atoms with Crippen LogP contribution in [0.2, 0.25) is 0 Å². The van der Waals surface area contributed by atoms with Crippen molar-refractivity contribution in [1.82, 2.24) is 9.62 Å². The van der Waals surface area contributed by atoms with Crippen molar-refractivity contribution >= 4 is 21.9 Å². The van der Waals surface area contributed by atoms with Gasteiger partial charge in [0.15, 0.2) is 6.61 Å². The summed E-state index contributed by atoms with van der Waals surface area (Å²) < 4.78 is 31.1. The molecule has 0 atom stereocenters. The largest absolute Gasteiger partial charge is 0.452 e. The molecule has 0 spiro atoms. The molecular weight excluding hydrogens is 392 g/mol. The number of carbonyl (C=O) groups excluding carboxylic acids is 2. The average Bonchev–Trinajstić information content (AvgIpc) is 2.73. The molecule has 0 heterocycles. The summed E-state index contributed by atoms with van der Waals surface area (Å²) in [5, 5.41) is 0. The van der Waals surface area contributed by atoms with Crippen LogP contribution >= 0.6 is 0 Å². The standard InChI is InChI=1S/C21H26N2O5S/c1-4-12-23(14-17-10-8-16(2)9-11-17)20(24)15-28-21(25)18-6-5-7-19(13-18)29(26,27)22-3/h5-11,13,22H,4,12,14-15H2,1-3H3. The lowest BCUT2D eigenvalue weighted by molar-refractivity contribution is -0.135. The highest BCUT2D eigenvalue weighted by Crippen LogP contribution is 2.13. The minimum atomic E-state index is -3.68. The molecule has 0 fully saturated rings.